The van der Waals surface area contributed by atoms with Crippen molar-refractivity contribution in [3.8, 4) is 17.2 Å². The molecule has 2 atom stereocenters. The molecule has 0 saturated carbocycles. The summed E-state index contributed by atoms with van der Waals surface area (Å²) in [6.45, 7) is 5.67. The van der Waals surface area contributed by atoms with Gasteiger partial charge in [-0.3, -0.25) is 9.59 Å². The van der Waals surface area contributed by atoms with E-state index in [0.717, 1.165) is 5.56 Å². The topological polar surface area (TPSA) is 99.1 Å². The molecule has 2 aliphatic heterocycles. The zero-order chi connectivity index (χ0) is 26.5. The molecule has 0 aromatic heterocycles. The van der Waals surface area contributed by atoms with Gasteiger partial charge < -0.3 is 19.3 Å². The highest BCUT2D eigenvalue weighted by Gasteiger charge is 2.35. The van der Waals surface area contributed by atoms with Crippen LogP contribution in [-0.4, -0.2) is 35.0 Å². The summed E-state index contributed by atoms with van der Waals surface area (Å²) in [6.07, 6.45) is 6.71. The van der Waals surface area contributed by atoms with Crippen LogP contribution < -0.4 is 9.47 Å². The third-order valence-electron chi connectivity index (χ3n) is 6.63. The molecule has 0 aliphatic carbocycles. The van der Waals surface area contributed by atoms with Gasteiger partial charge in [-0.2, -0.15) is 0 Å². The molecule has 0 fully saturated rings. The highest BCUT2D eigenvalue weighted by molar-refractivity contribution is 5.98. The molecule has 4 rings (SSSR count). The number of phenolic OH excluding ortho intramolecular Hbond substituents is 1. The van der Waals surface area contributed by atoms with Gasteiger partial charge in [0.05, 0.1) is 18.6 Å². The van der Waals surface area contributed by atoms with Crippen molar-refractivity contribution in [2.75, 3.05) is 0 Å². The lowest BCUT2D eigenvalue weighted by Gasteiger charge is -2.28. The number of carbonyl (C=O) groups is 3. The van der Waals surface area contributed by atoms with Crippen LogP contribution in [0.5, 0.6) is 17.2 Å². The van der Waals surface area contributed by atoms with Crippen LogP contribution in [0.2, 0.25) is 0 Å². The summed E-state index contributed by atoms with van der Waals surface area (Å²) in [5, 5.41) is 11.5. The number of esters is 2. The van der Waals surface area contributed by atoms with Crippen molar-refractivity contribution < 1.29 is 33.7 Å². The molecule has 0 amide bonds. The molecule has 2 heterocycles. The first-order valence-electron chi connectivity index (χ1n) is 13.0. The van der Waals surface area contributed by atoms with Crippen LogP contribution in [0.15, 0.2) is 36.4 Å². The summed E-state index contributed by atoms with van der Waals surface area (Å²) in [4.78, 5) is 37.9. The number of hydrogen-bond donors (Lipinski definition) is 1. The van der Waals surface area contributed by atoms with Crippen LogP contribution in [-0.2, 0) is 14.3 Å². The van der Waals surface area contributed by atoms with Gasteiger partial charge in [0.2, 0.25) is 0 Å². The number of ketones is 1. The Morgan fingerprint density at radius 2 is 1.78 bits per heavy atom. The molecular weight excluding hydrogens is 472 g/mol. The lowest BCUT2D eigenvalue weighted by Crippen LogP contribution is -2.23. The minimum Gasteiger partial charge on any atom is -0.507 e. The van der Waals surface area contributed by atoms with Gasteiger partial charge in [0.25, 0.3) is 0 Å². The number of fused-ring (bicyclic) bond motifs is 2. The maximum atomic E-state index is 13.3. The second kappa shape index (κ2) is 11.6. The Hall–Kier alpha value is -3.61. The normalized spacial score (nSPS) is 20.9. The number of cyclic esters (lactones) is 1. The molecule has 37 heavy (non-hydrogen) atoms. The van der Waals surface area contributed by atoms with Gasteiger partial charge >= 0.3 is 11.9 Å². The van der Waals surface area contributed by atoms with E-state index in [1.54, 1.807) is 19.1 Å². The van der Waals surface area contributed by atoms with Crippen molar-refractivity contribution in [2.45, 2.75) is 83.8 Å². The largest absolute Gasteiger partial charge is 0.507 e. The lowest BCUT2D eigenvalue weighted by atomic mass is 9.83. The average molecular weight is 507 g/mol. The zero-order valence-electron chi connectivity index (χ0n) is 21.6. The van der Waals surface area contributed by atoms with Crippen LogP contribution in [0.3, 0.4) is 0 Å². The molecule has 2 aromatic carbocycles. The molecule has 7 nitrogen and oxygen atoms in total. The van der Waals surface area contributed by atoms with Gasteiger partial charge in [-0.15, -0.1) is 0 Å². The second-order valence-corrected chi connectivity index (χ2v) is 10.0. The molecule has 2 aromatic rings. The van der Waals surface area contributed by atoms with E-state index in [1.807, 2.05) is 44.2 Å². The predicted octanol–water partition coefficient (Wildman–Crippen LogP) is 6.10. The van der Waals surface area contributed by atoms with Crippen molar-refractivity contribution in [3.63, 3.8) is 0 Å². The number of ether oxygens (including phenoxy) is 3. The molecule has 0 unspecified atom stereocenters. The predicted molar refractivity (Wildman–Crippen MR) is 139 cm³/mol. The summed E-state index contributed by atoms with van der Waals surface area (Å²) in [5.41, 5.74) is 1.65. The van der Waals surface area contributed by atoms with E-state index in [4.69, 9.17) is 14.2 Å². The van der Waals surface area contributed by atoms with E-state index in [-0.39, 0.29) is 35.4 Å². The third kappa shape index (κ3) is 6.40. The SMILES string of the molecule is CC(C)Oc1ccc([C@H]2CC(=O)Oc3cc4c(c(O)c32)C(=O)O[C@H](C)CCCC(=O)CCCC=C4)cc1. The summed E-state index contributed by atoms with van der Waals surface area (Å²) < 4.78 is 16.9. The molecular formula is C30H34O7. The average Bonchev–Trinajstić information content (AvgIpc) is 2.82. The van der Waals surface area contributed by atoms with E-state index in [9.17, 15) is 19.5 Å². The standard InChI is InChI=1S/C30H34O7/c1-18(2)35-23-14-12-20(13-15-23)24-17-26(32)37-25-16-21-9-5-4-6-10-22(31)11-7-8-19(3)36-30(34)27(21)29(33)28(24)25/h5,9,12-16,18-19,24,33H,4,6-8,10-11,17H2,1-3H3/t19-,24-/m1/s1. The van der Waals surface area contributed by atoms with Crippen LogP contribution in [0.25, 0.3) is 6.08 Å². The Bertz CT molecular complexity index is 1190. The fourth-order valence-electron chi connectivity index (χ4n) is 4.85. The number of carbonyl (C=O) groups excluding carboxylic acids is 3. The highest BCUT2D eigenvalue weighted by Crippen LogP contribution is 2.47. The van der Waals surface area contributed by atoms with E-state index in [0.29, 0.717) is 55.4 Å². The number of Topliss-reactive ketones (excluding diaryl/α,β-unsaturated/α-hetero) is 1. The van der Waals surface area contributed by atoms with Gasteiger partial charge in [-0.05, 0) is 75.8 Å². The summed E-state index contributed by atoms with van der Waals surface area (Å²) in [6, 6.07) is 8.99. The quantitative estimate of drug-likeness (QED) is 0.396. The fraction of sp³-hybridized carbons (Fsp3) is 0.433. The maximum absolute atomic E-state index is 13.3. The lowest BCUT2D eigenvalue weighted by molar-refractivity contribution is -0.135. The van der Waals surface area contributed by atoms with Crippen LogP contribution in [0.4, 0.5) is 0 Å². The molecule has 0 radical (unpaired) electrons. The Morgan fingerprint density at radius 3 is 2.51 bits per heavy atom. The maximum Gasteiger partial charge on any atom is 0.342 e. The Balaban J connectivity index is 1.76. The number of phenols is 1. The fourth-order valence-corrected chi connectivity index (χ4v) is 4.85. The number of benzene rings is 2. The summed E-state index contributed by atoms with van der Waals surface area (Å²) in [5.74, 6) is -0.666. The zero-order valence-corrected chi connectivity index (χ0v) is 21.6. The van der Waals surface area contributed by atoms with Gasteiger partial charge in [0.15, 0.2) is 0 Å². The van der Waals surface area contributed by atoms with E-state index in [1.165, 1.54) is 0 Å². The summed E-state index contributed by atoms with van der Waals surface area (Å²) in [7, 11) is 0. The van der Waals surface area contributed by atoms with E-state index in [2.05, 4.69) is 0 Å². The Morgan fingerprint density at radius 1 is 1.05 bits per heavy atom. The van der Waals surface area contributed by atoms with Crippen molar-refractivity contribution >= 4 is 23.8 Å². The summed E-state index contributed by atoms with van der Waals surface area (Å²) >= 11 is 0. The van der Waals surface area contributed by atoms with Crippen molar-refractivity contribution in [2.24, 2.45) is 0 Å². The smallest absolute Gasteiger partial charge is 0.342 e. The first kappa shape index (κ1) is 26.5. The van der Waals surface area contributed by atoms with E-state index < -0.39 is 24.0 Å². The molecule has 196 valence electrons. The Labute approximate surface area is 217 Å². The number of rotatable bonds is 3. The van der Waals surface area contributed by atoms with Crippen LogP contribution in [0, 0.1) is 0 Å². The molecule has 2 aliphatic rings. The van der Waals surface area contributed by atoms with Crippen molar-refractivity contribution in [1.82, 2.24) is 0 Å². The first-order chi connectivity index (χ1) is 17.7. The number of aromatic hydroxyl groups is 1. The molecule has 0 spiro atoms. The molecule has 0 saturated heterocycles. The van der Waals surface area contributed by atoms with Gasteiger partial charge in [-0.25, -0.2) is 4.79 Å². The van der Waals surface area contributed by atoms with Crippen LogP contribution in [0.1, 0.15) is 98.7 Å². The van der Waals surface area contributed by atoms with Gasteiger partial charge in [-0.1, -0.05) is 24.3 Å². The number of allylic oxidation sites excluding steroid dienone is 1. The second-order valence-electron chi connectivity index (χ2n) is 10.0. The van der Waals surface area contributed by atoms with Crippen molar-refractivity contribution in [1.29, 1.82) is 0 Å². The van der Waals surface area contributed by atoms with Crippen molar-refractivity contribution in [3.05, 3.63) is 58.7 Å². The van der Waals surface area contributed by atoms with Gasteiger partial charge in [0, 0.05) is 24.3 Å². The molecule has 0 bridgehead atoms. The first-order valence-corrected chi connectivity index (χ1v) is 13.0. The molecule has 7 heteroatoms. The van der Waals surface area contributed by atoms with E-state index >= 15 is 0 Å². The number of hydrogen-bond acceptors (Lipinski definition) is 7. The minimum atomic E-state index is -0.646. The van der Waals surface area contributed by atoms with Crippen LogP contribution >= 0.6 is 0 Å². The Kier molecular flexibility index (Phi) is 8.31. The monoisotopic (exact) mass is 506 g/mol. The van der Waals surface area contributed by atoms with Gasteiger partial charge in [0.1, 0.15) is 28.6 Å². The third-order valence-corrected chi connectivity index (χ3v) is 6.63. The molecule has 1 N–H and O–H groups in total. The minimum absolute atomic E-state index is 0.0252. The highest BCUT2D eigenvalue weighted by atomic mass is 16.5.